The van der Waals surface area contributed by atoms with Crippen molar-refractivity contribution < 1.29 is 9.53 Å². The zero-order valence-corrected chi connectivity index (χ0v) is 16.9. The zero-order valence-electron chi connectivity index (χ0n) is 15.4. The van der Waals surface area contributed by atoms with Crippen LogP contribution < -0.4 is 9.64 Å². The van der Waals surface area contributed by atoms with Crippen LogP contribution in [0.25, 0.3) is 0 Å². The number of nitrogens with zero attached hydrogens (tertiary/aromatic N) is 4. The van der Waals surface area contributed by atoms with Crippen molar-refractivity contribution >= 4 is 35.1 Å². The van der Waals surface area contributed by atoms with Gasteiger partial charge in [0.1, 0.15) is 5.75 Å². The van der Waals surface area contributed by atoms with Crippen LogP contribution in [0.4, 0.5) is 5.95 Å². The van der Waals surface area contributed by atoms with Crippen molar-refractivity contribution in [1.82, 2.24) is 14.8 Å². The molecule has 1 saturated carbocycles. The molecule has 1 aromatic heterocycles. The number of benzene rings is 1. The summed E-state index contributed by atoms with van der Waals surface area (Å²) in [5.74, 6) is 1.88. The van der Waals surface area contributed by atoms with E-state index < -0.39 is 0 Å². The molecule has 1 aromatic carbocycles. The molecule has 2 heterocycles. The number of carbonyl (C=O) groups excluding carboxylic acids is 1. The Labute approximate surface area is 168 Å². The van der Waals surface area contributed by atoms with E-state index in [1.807, 2.05) is 0 Å². The van der Waals surface area contributed by atoms with Gasteiger partial charge in [0.25, 0.3) is 0 Å². The second-order valence-corrected chi connectivity index (χ2v) is 8.34. The van der Waals surface area contributed by atoms with Gasteiger partial charge in [0, 0.05) is 24.7 Å². The first kappa shape index (κ1) is 18.6. The highest BCUT2D eigenvalue weighted by Crippen LogP contribution is 2.41. The summed E-state index contributed by atoms with van der Waals surface area (Å²) in [4.78, 5) is 14.9. The Morgan fingerprint density at radius 3 is 2.70 bits per heavy atom. The molecule has 0 unspecified atom stereocenters. The molecule has 1 aliphatic heterocycles. The van der Waals surface area contributed by atoms with Crippen LogP contribution in [0, 0.1) is 0 Å². The Balaban J connectivity index is 1.47. The van der Waals surface area contributed by atoms with Crippen LogP contribution in [-0.2, 0) is 0 Å². The molecule has 4 rings (SSSR count). The molecule has 144 valence electrons. The van der Waals surface area contributed by atoms with Gasteiger partial charge in [0.05, 0.1) is 17.9 Å². The van der Waals surface area contributed by atoms with Gasteiger partial charge in [-0.25, -0.2) is 0 Å². The van der Waals surface area contributed by atoms with Gasteiger partial charge in [0.2, 0.25) is 5.95 Å². The number of hydrogen-bond acceptors (Lipinski definition) is 6. The van der Waals surface area contributed by atoms with Gasteiger partial charge in [-0.15, -0.1) is 10.2 Å². The van der Waals surface area contributed by atoms with Gasteiger partial charge < -0.3 is 9.64 Å². The van der Waals surface area contributed by atoms with Crippen molar-refractivity contribution in [2.24, 2.45) is 0 Å². The third-order valence-corrected chi connectivity index (χ3v) is 6.24. The van der Waals surface area contributed by atoms with Crippen LogP contribution in [0.3, 0.4) is 0 Å². The van der Waals surface area contributed by atoms with Crippen LogP contribution in [0.5, 0.6) is 5.75 Å². The van der Waals surface area contributed by atoms with Crippen LogP contribution >= 0.6 is 23.4 Å². The van der Waals surface area contributed by atoms with Crippen molar-refractivity contribution in [3.05, 3.63) is 28.8 Å². The van der Waals surface area contributed by atoms with Crippen LogP contribution in [0.2, 0.25) is 5.02 Å². The molecule has 8 heteroatoms. The molecule has 1 saturated heterocycles. The minimum atomic E-state index is 0.0226. The second-order valence-electron chi connectivity index (χ2n) is 6.99. The van der Waals surface area contributed by atoms with Crippen molar-refractivity contribution in [1.29, 1.82) is 0 Å². The van der Waals surface area contributed by atoms with Gasteiger partial charge in [0.15, 0.2) is 10.9 Å². The molecule has 0 amide bonds. The summed E-state index contributed by atoms with van der Waals surface area (Å²) in [5, 5.41) is 10.1. The Bertz CT molecular complexity index is 831. The monoisotopic (exact) mass is 406 g/mol. The quantitative estimate of drug-likeness (QED) is 0.506. The molecular weight excluding hydrogens is 384 g/mol. The molecule has 2 fully saturated rings. The van der Waals surface area contributed by atoms with Gasteiger partial charge >= 0.3 is 0 Å². The number of rotatable bonds is 7. The van der Waals surface area contributed by atoms with E-state index in [0.717, 1.165) is 37.0 Å². The number of anilines is 1. The number of Topliss-reactive ketones (excluding diaryl/α,β-unsaturated/α-hetero) is 1. The van der Waals surface area contributed by atoms with Crippen molar-refractivity contribution in [2.75, 3.05) is 30.9 Å². The molecule has 0 spiro atoms. The summed E-state index contributed by atoms with van der Waals surface area (Å²) >= 11 is 7.60. The largest absolute Gasteiger partial charge is 0.495 e. The fourth-order valence-corrected chi connectivity index (χ4v) is 4.54. The maximum Gasteiger partial charge on any atom is 0.228 e. The highest BCUT2D eigenvalue weighted by Gasteiger charge is 2.32. The van der Waals surface area contributed by atoms with E-state index in [0.29, 0.717) is 28.1 Å². The van der Waals surface area contributed by atoms with E-state index in [9.17, 15) is 4.79 Å². The molecule has 0 radical (unpaired) electrons. The van der Waals surface area contributed by atoms with Gasteiger partial charge in [-0.3, -0.25) is 9.36 Å². The molecule has 0 N–H and O–H groups in total. The molecule has 27 heavy (non-hydrogen) atoms. The van der Waals surface area contributed by atoms with Crippen molar-refractivity contribution in [3.8, 4) is 5.75 Å². The lowest BCUT2D eigenvalue weighted by molar-refractivity contribution is 0.102. The standard InChI is InChI=1S/C19H23ClN4O2S/c1-26-17-8-5-13(11-15(17)20)16(25)12-27-19-22-21-18(24(19)14-6-7-14)23-9-3-2-4-10-23/h5,8,11,14H,2-4,6-7,9-10,12H2,1H3. The maximum absolute atomic E-state index is 12.6. The second kappa shape index (κ2) is 8.10. The van der Waals surface area contributed by atoms with E-state index in [2.05, 4.69) is 19.7 Å². The average Bonchev–Trinajstić information content (AvgIpc) is 3.45. The van der Waals surface area contributed by atoms with E-state index in [-0.39, 0.29) is 5.78 Å². The summed E-state index contributed by atoms with van der Waals surface area (Å²) in [6.07, 6.45) is 6.02. The summed E-state index contributed by atoms with van der Waals surface area (Å²) < 4.78 is 7.38. The number of thioether (sulfide) groups is 1. The third kappa shape index (κ3) is 4.09. The first-order chi connectivity index (χ1) is 13.2. The molecule has 2 aromatic rings. The maximum atomic E-state index is 12.6. The Kier molecular flexibility index (Phi) is 5.59. The lowest BCUT2D eigenvalue weighted by Gasteiger charge is -2.27. The molecule has 1 aliphatic carbocycles. The predicted molar refractivity (Wildman–Crippen MR) is 107 cm³/mol. The lowest BCUT2D eigenvalue weighted by atomic mass is 10.1. The fraction of sp³-hybridized carbons (Fsp3) is 0.526. The van der Waals surface area contributed by atoms with Crippen LogP contribution in [0.1, 0.15) is 48.5 Å². The minimum Gasteiger partial charge on any atom is -0.495 e. The number of ketones is 1. The van der Waals surface area contributed by atoms with E-state index >= 15 is 0 Å². The topological polar surface area (TPSA) is 60.2 Å². The normalized spacial score (nSPS) is 17.2. The molecule has 0 atom stereocenters. The number of aromatic nitrogens is 3. The van der Waals surface area contributed by atoms with Gasteiger partial charge in [-0.2, -0.15) is 0 Å². The van der Waals surface area contributed by atoms with Gasteiger partial charge in [-0.05, 0) is 50.3 Å². The predicted octanol–water partition coefficient (Wildman–Crippen LogP) is 4.24. The number of piperidine rings is 1. The average molecular weight is 407 g/mol. The number of carbonyl (C=O) groups is 1. The highest BCUT2D eigenvalue weighted by atomic mass is 35.5. The first-order valence-electron chi connectivity index (χ1n) is 9.37. The Hall–Kier alpha value is -1.73. The third-order valence-electron chi connectivity index (χ3n) is 5.00. The van der Waals surface area contributed by atoms with E-state index in [1.54, 1.807) is 25.3 Å². The molecular formula is C19H23ClN4O2S. The van der Waals surface area contributed by atoms with Crippen LogP contribution in [-0.4, -0.2) is 46.5 Å². The van der Waals surface area contributed by atoms with Crippen molar-refractivity contribution in [2.45, 2.75) is 43.3 Å². The first-order valence-corrected chi connectivity index (χ1v) is 10.7. The zero-order chi connectivity index (χ0) is 18.8. The molecule has 6 nitrogen and oxygen atoms in total. The lowest BCUT2D eigenvalue weighted by Crippen LogP contribution is -2.31. The number of halogens is 1. The highest BCUT2D eigenvalue weighted by molar-refractivity contribution is 7.99. The number of ether oxygens (including phenoxy) is 1. The SMILES string of the molecule is COc1ccc(C(=O)CSc2nnc(N3CCCCC3)n2C2CC2)cc1Cl. The van der Waals surface area contributed by atoms with Gasteiger partial charge in [-0.1, -0.05) is 23.4 Å². The Morgan fingerprint density at radius 1 is 1.26 bits per heavy atom. The minimum absolute atomic E-state index is 0.0226. The summed E-state index contributed by atoms with van der Waals surface area (Å²) in [5.41, 5.74) is 0.585. The summed E-state index contributed by atoms with van der Waals surface area (Å²) in [7, 11) is 1.56. The molecule has 2 aliphatic rings. The summed E-state index contributed by atoms with van der Waals surface area (Å²) in [6, 6.07) is 5.61. The fourth-order valence-electron chi connectivity index (χ4n) is 3.38. The van der Waals surface area contributed by atoms with E-state index in [4.69, 9.17) is 16.3 Å². The Morgan fingerprint density at radius 2 is 2.04 bits per heavy atom. The number of hydrogen-bond donors (Lipinski definition) is 0. The molecule has 0 bridgehead atoms. The number of methoxy groups -OCH3 is 1. The smallest absolute Gasteiger partial charge is 0.228 e. The van der Waals surface area contributed by atoms with Crippen LogP contribution in [0.15, 0.2) is 23.4 Å². The summed E-state index contributed by atoms with van der Waals surface area (Å²) in [6.45, 7) is 2.08. The van der Waals surface area contributed by atoms with Crippen molar-refractivity contribution in [3.63, 3.8) is 0 Å². The van der Waals surface area contributed by atoms with E-state index in [1.165, 1.54) is 31.0 Å².